The number of ether oxygens (including phenoxy) is 1. The maximum Gasteiger partial charge on any atom is 0.331 e. The summed E-state index contributed by atoms with van der Waals surface area (Å²) in [5.74, 6) is -0.189. The highest BCUT2D eigenvalue weighted by Crippen LogP contribution is 2.28. The number of benzene rings is 2. The van der Waals surface area contributed by atoms with E-state index in [1.807, 2.05) is 55.5 Å². The smallest absolute Gasteiger partial charge is 0.331 e. The van der Waals surface area contributed by atoms with Crippen molar-refractivity contribution in [1.82, 2.24) is 0 Å². The number of carbonyl (C=O) groups is 1. The molecule has 116 valence electrons. The van der Waals surface area contributed by atoms with Crippen molar-refractivity contribution in [1.29, 1.82) is 0 Å². The molecule has 0 spiro atoms. The Bertz CT molecular complexity index is 613. The standard InChI is InChI=1S/C18H21NO3/c1-3-12-22-16-11-7-8-14(13-16)17(18(20)21)19(2)15-9-5-4-6-10-15/h4-11,13,17H,3,12H2,1-2H3,(H,20,21). The predicted octanol–water partition coefficient (Wildman–Crippen LogP) is 3.74. The highest BCUT2D eigenvalue weighted by Gasteiger charge is 2.25. The van der Waals surface area contributed by atoms with Crippen molar-refractivity contribution in [3.05, 3.63) is 60.2 Å². The number of hydrogen-bond donors (Lipinski definition) is 1. The number of carboxylic acids is 1. The van der Waals surface area contributed by atoms with Crippen LogP contribution in [0.15, 0.2) is 54.6 Å². The summed E-state index contributed by atoms with van der Waals surface area (Å²) < 4.78 is 5.60. The molecule has 0 heterocycles. The maximum absolute atomic E-state index is 11.8. The second-order valence-corrected chi connectivity index (χ2v) is 5.11. The van der Waals surface area contributed by atoms with Crippen LogP contribution < -0.4 is 9.64 Å². The zero-order valence-corrected chi connectivity index (χ0v) is 12.9. The van der Waals surface area contributed by atoms with E-state index in [0.29, 0.717) is 17.9 Å². The average molecular weight is 299 g/mol. The lowest BCUT2D eigenvalue weighted by molar-refractivity contribution is -0.138. The molecule has 1 unspecified atom stereocenters. The van der Waals surface area contributed by atoms with Crippen molar-refractivity contribution in [3.63, 3.8) is 0 Å². The van der Waals surface area contributed by atoms with Gasteiger partial charge in [0.1, 0.15) is 5.75 Å². The summed E-state index contributed by atoms with van der Waals surface area (Å²) in [7, 11) is 1.79. The zero-order valence-electron chi connectivity index (χ0n) is 12.9. The SMILES string of the molecule is CCCOc1cccc(C(C(=O)O)N(C)c2ccccc2)c1. The first-order valence-corrected chi connectivity index (χ1v) is 7.37. The summed E-state index contributed by atoms with van der Waals surface area (Å²) in [5, 5.41) is 9.64. The Hall–Kier alpha value is -2.49. The molecule has 4 heteroatoms. The first kappa shape index (κ1) is 15.9. The Morgan fingerprint density at radius 3 is 2.55 bits per heavy atom. The molecule has 1 atom stereocenters. The molecule has 0 aliphatic rings. The molecule has 0 amide bonds. The van der Waals surface area contributed by atoms with Crippen LogP contribution in [0.4, 0.5) is 5.69 Å². The van der Waals surface area contributed by atoms with Crippen LogP contribution >= 0.6 is 0 Å². The number of carboxylic acid groups (broad SMARTS) is 1. The maximum atomic E-state index is 11.8. The van der Waals surface area contributed by atoms with Crippen molar-refractivity contribution < 1.29 is 14.6 Å². The Kier molecular flexibility index (Phi) is 5.42. The van der Waals surface area contributed by atoms with Crippen LogP contribution in [0, 0.1) is 0 Å². The normalized spacial score (nSPS) is 11.7. The molecule has 0 radical (unpaired) electrons. The predicted molar refractivity (Wildman–Crippen MR) is 87.4 cm³/mol. The molecule has 4 nitrogen and oxygen atoms in total. The van der Waals surface area contributed by atoms with Gasteiger partial charge in [0.05, 0.1) is 6.61 Å². The third-order valence-corrected chi connectivity index (χ3v) is 3.43. The van der Waals surface area contributed by atoms with Gasteiger partial charge in [-0.05, 0) is 36.2 Å². The van der Waals surface area contributed by atoms with E-state index in [-0.39, 0.29) is 0 Å². The Balaban J connectivity index is 2.30. The summed E-state index contributed by atoms with van der Waals surface area (Å²) in [4.78, 5) is 13.5. The van der Waals surface area contributed by atoms with Crippen LogP contribution in [0.25, 0.3) is 0 Å². The highest BCUT2D eigenvalue weighted by atomic mass is 16.5. The van der Waals surface area contributed by atoms with Gasteiger partial charge in [-0.2, -0.15) is 0 Å². The van der Waals surface area contributed by atoms with Crippen LogP contribution in [0.5, 0.6) is 5.75 Å². The number of aliphatic carboxylic acids is 1. The zero-order chi connectivity index (χ0) is 15.9. The monoisotopic (exact) mass is 299 g/mol. The summed E-state index contributed by atoms with van der Waals surface area (Å²) in [5.41, 5.74) is 1.56. The molecule has 0 fully saturated rings. The second kappa shape index (κ2) is 7.50. The third kappa shape index (κ3) is 3.79. The van der Waals surface area contributed by atoms with Gasteiger partial charge in [-0.3, -0.25) is 0 Å². The number of para-hydroxylation sites is 1. The molecule has 2 aromatic carbocycles. The van der Waals surface area contributed by atoms with Crippen LogP contribution in [-0.4, -0.2) is 24.7 Å². The van der Waals surface area contributed by atoms with E-state index in [1.54, 1.807) is 18.0 Å². The molecule has 0 saturated heterocycles. The van der Waals surface area contributed by atoms with E-state index < -0.39 is 12.0 Å². The van der Waals surface area contributed by atoms with E-state index in [1.165, 1.54) is 0 Å². The topological polar surface area (TPSA) is 49.8 Å². The number of rotatable bonds is 7. The van der Waals surface area contributed by atoms with Gasteiger partial charge in [0.15, 0.2) is 6.04 Å². The van der Waals surface area contributed by atoms with Gasteiger partial charge in [0.2, 0.25) is 0 Å². The number of hydrogen-bond acceptors (Lipinski definition) is 3. The van der Waals surface area contributed by atoms with Gasteiger partial charge >= 0.3 is 5.97 Å². The Morgan fingerprint density at radius 1 is 1.18 bits per heavy atom. The summed E-state index contributed by atoms with van der Waals surface area (Å²) >= 11 is 0. The van der Waals surface area contributed by atoms with Crippen molar-refractivity contribution in [2.45, 2.75) is 19.4 Å². The lowest BCUT2D eigenvalue weighted by Crippen LogP contribution is -2.30. The molecule has 2 rings (SSSR count). The van der Waals surface area contributed by atoms with Crippen LogP contribution in [0.3, 0.4) is 0 Å². The Labute approximate surface area is 131 Å². The van der Waals surface area contributed by atoms with Gasteiger partial charge in [0.25, 0.3) is 0 Å². The molecule has 1 N–H and O–H groups in total. The largest absolute Gasteiger partial charge is 0.494 e. The molecule has 0 aliphatic heterocycles. The number of likely N-dealkylation sites (N-methyl/N-ethyl adjacent to an activating group) is 1. The second-order valence-electron chi connectivity index (χ2n) is 5.11. The molecule has 0 bridgehead atoms. The fraction of sp³-hybridized carbons (Fsp3) is 0.278. The van der Waals surface area contributed by atoms with Crippen molar-refractivity contribution in [2.75, 3.05) is 18.6 Å². The molecular weight excluding hydrogens is 278 g/mol. The summed E-state index contributed by atoms with van der Waals surface area (Å²) in [6.45, 7) is 2.66. The first-order valence-electron chi connectivity index (χ1n) is 7.37. The highest BCUT2D eigenvalue weighted by molar-refractivity contribution is 5.80. The Morgan fingerprint density at radius 2 is 1.91 bits per heavy atom. The summed E-state index contributed by atoms with van der Waals surface area (Å²) in [6, 6.07) is 16.0. The summed E-state index contributed by atoms with van der Waals surface area (Å²) in [6.07, 6.45) is 0.913. The molecule has 0 saturated carbocycles. The van der Waals surface area contributed by atoms with Gasteiger partial charge in [-0.15, -0.1) is 0 Å². The van der Waals surface area contributed by atoms with Gasteiger partial charge in [-0.25, -0.2) is 4.79 Å². The minimum absolute atomic E-state index is 0.621. The van der Waals surface area contributed by atoms with E-state index in [0.717, 1.165) is 12.1 Å². The van der Waals surface area contributed by atoms with Gasteiger partial charge in [-0.1, -0.05) is 37.3 Å². The third-order valence-electron chi connectivity index (χ3n) is 3.43. The molecule has 22 heavy (non-hydrogen) atoms. The molecule has 2 aromatic rings. The quantitative estimate of drug-likeness (QED) is 0.846. The number of anilines is 1. The van der Waals surface area contributed by atoms with Crippen molar-refractivity contribution >= 4 is 11.7 Å². The van der Waals surface area contributed by atoms with Crippen LogP contribution in [0.1, 0.15) is 24.9 Å². The van der Waals surface area contributed by atoms with E-state index in [4.69, 9.17) is 4.74 Å². The fourth-order valence-electron chi connectivity index (χ4n) is 2.34. The first-order chi connectivity index (χ1) is 10.6. The lowest BCUT2D eigenvalue weighted by Gasteiger charge is -2.27. The molecule has 0 aliphatic carbocycles. The van der Waals surface area contributed by atoms with Crippen LogP contribution in [0.2, 0.25) is 0 Å². The van der Waals surface area contributed by atoms with Gasteiger partial charge < -0.3 is 14.7 Å². The van der Waals surface area contributed by atoms with Crippen molar-refractivity contribution in [3.8, 4) is 5.75 Å². The molecule has 0 aromatic heterocycles. The van der Waals surface area contributed by atoms with Crippen LogP contribution in [-0.2, 0) is 4.79 Å². The number of nitrogens with zero attached hydrogens (tertiary/aromatic N) is 1. The molecular formula is C18H21NO3. The minimum Gasteiger partial charge on any atom is -0.494 e. The average Bonchev–Trinajstić information content (AvgIpc) is 2.54. The van der Waals surface area contributed by atoms with E-state index in [2.05, 4.69) is 0 Å². The van der Waals surface area contributed by atoms with Gasteiger partial charge in [0, 0.05) is 12.7 Å². The lowest BCUT2D eigenvalue weighted by atomic mass is 10.0. The van der Waals surface area contributed by atoms with E-state index in [9.17, 15) is 9.90 Å². The van der Waals surface area contributed by atoms with Crippen molar-refractivity contribution in [2.24, 2.45) is 0 Å². The van der Waals surface area contributed by atoms with E-state index >= 15 is 0 Å². The minimum atomic E-state index is -0.890. The fourth-order valence-corrected chi connectivity index (χ4v) is 2.34.